The van der Waals surface area contributed by atoms with Crippen LogP contribution in [0.2, 0.25) is 0 Å². The highest BCUT2D eigenvalue weighted by Gasteiger charge is 2.41. The number of aryl methyl sites for hydroxylation is 1. The largest absolute Gasteiger partial charge is 0.489 e. The molecule has 0 spiro atoms. The molecule has 1 aliphatic rings. The first-order valence-electron chi connectivity index (χ1n) is 14.8. The van der Waals surface area contributed by atoms with E-state index in [4.69, 9.17) is 14.2 Å². The third-order valence-corrected chi connectivity index (χ3v) is 7.64. The van der Waals surface area contributed by atoms with Gasteiger partial charge in [0.1, 0.15) is 18.0 Å². The van der Waals surface area contributed by atoms with E-state index in [1.165, 1.54) is 16.0 Å². The van der Waals surface area contributed by atoms with Crippen molar-refractivity contribution in [1.82, 2.24) is 4.90 Å². The monoisotopic (exact) mass is 573 g/mol. The number of ether oxygens (including phenoxy) is 3. The van der Waals surface area contributed by atoms with E-state index in [-0.39, 0.29) is 17.8 Å². The predicted molar refractivity (Wildman–Crippen MR) is 163 cm³/mol. The molecule has 7 nitrogen and oxygen atoms in total. The van der Waals surface area contributed by atoms with Crippen molar-refractivity contribution in [3.63, 3.8) is 0 Å². The molecule has 0 unspecified atom stereocenters. The summed E-state index contributed by atoms with van der Waals surface area (Å²) in [7, 11) is 0. The van der Waals surface area contributed by atoms with Crippen molar-refractivity contribution < 1.29 is 28.9 Å². The number of carboxylic acid groups (broad SMARTS) is 1. The van der Waals surface area contributed by atoms with Crippen molar-refractivity contribution in [2.24, 2.45) is 0 Å². The quantitative estimate of drug-likeness (QED) is 0.185. The summed E-state index contributed by atoms with van der Waals surface area (Å²) >= 11 is 0. The molecule has 1 fully saturated rings. The summed E-state index contributed by atoms with van der Waals surface area (Å²) < 4.78 is 17.5. The molecule has 1 aliphatic heterocycles. The van der Waals surface area contributed by atoms with Crippen LogP contribution in [-0.4, -0.2) is 54.0 Å². The summed E-state index contributed by atoms with van der Waals surface area (Å²) in [6.45, 7) is 7.81. The fourth-order valence-electron chi connectivity index (χ4n) is 5.55. The zero-order valence-electron chi connectivity index (χ0n) is 25.0. The Morgan fingerprint density at radius 2 is 1.55 bits per heavy atom. The van der Waals surface area contributed by atoms with E-state index in [9.17, 15) is 14.7 Å². The lowest BCUT2D eigenvalue weighted by atomic mass is 9.67. The fraction of sp³-hybridized carbons (Fsp3) is 0.429. The molecule has 1 heterocycles. The Kier molecular flexibility index (Phi) is 10.6. The average molecular weight is 574 g/mol. The maximum Gasteiger partial charge on any atom is 0.407 e. The minimum Gasteiger partial charge on any atom is -0.489 e. The van der Waals surface area contributed by atoms with Crippen LogP contribution in [0.1, 0.15) is 68.7 Å². The van der Waals surface area contributed by atoms with E-state index < -0.39 is 11.7 Å². The van der Waals surface area contributed by atoms with Crippen LogP contribution in [-0.2, 0) is 32.7 Å². The van der Waals surface area contributed by atoms with Crippen LogP contribution in [0.3, 0.4) is 0 Å². The third-order valence-electron chi connectivity index (χ3n) is 7.64. The van der Waals surface area contributed by atoms with Gasteiger partial charge in [-0.25, -0.2) is 4.79 Å². The lowest BCUT2D eigenvalue weighted by Gasteiger charge is -2.42. The molecule has 0 radical (unpaired) electrons. The molecule has 7 heteroatoms. The molecule has 4 rings (SSSR count). The average Bonchev–Trinajstić information content (AvgIpc) is 2.98. The molecule has 3 aromatic carbocycles. The summed E-state index contributed by atoms with van der Waals surface area (Å²) in [4.78, 5) is 25.2. The van der Waals surface area contributed by atoms with Crippen molar-refractivity contribution in [2.75, 3.05) is 26.3 Å². The number of carbonyl (C=O) groups is 2. The normalized spacial score (nSPS) is 14.8. The summed E-state index contributed by atoms with van der Waals surface area (Å²) in [5.74, 6) is 0.572. The van der Waals surface area contributed by atoms with Crippen LogP contribution in [0.15, 0.2) is 78.9 Å². The number of nitrogens with zero attached hydrogens (tertiary/aromatic N) is 1. The third kappa shape index (κ3) is 8.58. The van der Waals surface area contributed by atoms with E-state index in [1.54, 1.807) is 0 Å². The zero-order chi connectivity index (χ0) is 30.0. The smallest absolute Gasteiger partial charge is 0.407 e. The molecular weight excluding hydrogens is 530 g/mol. The number of hydrogen-bond acceptors (Lipinski definition) is 5. The number of rotatable bonds is 12. The van der Waals surface area contributed by atoms with Crippen LogP contribution in [0.25, 0.3) is 0 Å². The standard InChI is InChI=1S/C35H43NO6/c1-34(2,3)42-32(37)18-24-40-23-10-13-27-16-17-31(41-26-28-11-6-4-7-12-28)30(25-27)35(29-14-8-5-9-15-29)19-21-36(22-20-35)33(38)39/h4-9,11-12,14-17,25H,10,13,18-24,26H2,1-3H3,(H,38,39). The Bertz CT molecular complexity index is 1290. The Labute approximate surface area is 249 Å². The van der Waals surface area contributed by atoms with E-state index >= 15 is 0 Å². The van der Waals surface area contributed by atoms with Gasteiger partial charge in [-0.05, 0) is 69.2 Å². The van der Waals surface area contributed by atoms with Crippen molar-refractivity contribution in [1.29, 1.82) is 0 Å². The molecule has 42 heavy (non-hydrogen) atoms. The minimum atomic E-state index is -0.877. The lowest BCUT2D eigenvalue weighted by Crippen LogP contribution is -2.45. The summed E-state index contributed by atoms with van der Waals surface area (Å²) in [5, 5.41) is 9.66. The Hall–Kier alpha value is -3.84. The second-order valence-corrected chi connectivity index (χ2v) is 11.9. The first kappa shape index (κ1) is 31.1. The van der Waals surface area contributed by atoms with Crippen LogP contribution >= 0.6 is 0 Å². The van der Waals surface area contributed by atoms with E-state index in [1.807, 2.05) is 57.2 Å². The first-order chi connectivity index (χ1) is 20.2. The fourth-order valence-corrected chi connectivity index (χ4v) is 5.55. The highest BCUT2D eigenvalue weighted by molar-refractivity contribution is 5.69. The van der Waals surface area contributed by atoms with Crippen molar-refractivity contribution in [3.05, 3.63) is 101 Å². The second kappa shape index (κ2) is 14.4. The van der Waals surface area contributed by atoms with Gasteiger partial charge in [-0.3, -0.25) is 4.79 Å². The molecule has 1 saturated heterocycles. The number of esters is 1. The van der Waals surface area contributed by atoms with Gasteiger partial charge in [0.15, 0.2) is 0 Å². The molecule has 224 valence electrons. The molecule has 3 aromatic rings. The van der Waals surface area contributed by atoms with Gasteiger partial charge in [-0.15, -0.1) is 0 Å². The molecule has 0 atom stereocenters. The molecule has 0 saturated carbocycles. The van der Waals surface area contributed by atoms with Gasteiger partial charge in [-0.1, -0.05) is 72.8 Å². The van der Waals surface area contributed by atoms with Crippen LogP contribution in [0.5, 0.6) is 5.75 Å². The van der Waals surface area contributed by atoms with Gasteiger partial charge in [0.2, 0.25) is 0 Å². The van der Waals surface area contributed by atoms with Gasteiger partial charge in [0, 0.05) is 30.7 Å². The summed E-state index contributed by atoms with van der Waals surface area (Å²) in [6.07, 6.45) is 2.32. The van der Waals surface area contributed by atoms with Gasteiger partial charge in [0.25, 0.3) is 0 Å². The van der Waals surface area contributed by atoms with Crippen molar-refractivity contribution in [3.8, 4) is 5.75 Å². The van der Waals surface area contributed by atoms with Crippen LogP contribution < -0.4 is 4.74 Å². The number of carbonyl (C=O) groups excluding carboxylic acids is 1. The number of piperidine rings is 1. The zero-order valence-corrected chi connectivity index (χ0v) is 25.0. The molecule has 1 amide bonds. The van der Waals surface area contributed by atoms with Crippen LogP contribution in [0, 0.1) is 0 Å². The van der Waals surface area contributed by atoms with Gasteiger partial charge in [0.05, 0.1) is 13.0 Å². The molecule has 0 aromatic heterocycles. The second-order valence-electron chi connectivity index (χ2n) is 11.9. The summed E-state index contributed by atoms with van der Waals surface area (Å²) in [6, 6.07) is 26.9. The minimum absolute atomic E-state index is 0.238. The van der Waals surface area contributed by atoms with Gasteiger partial charge >= 0.3 is 12.1 Å². The van der Waals surface area contributed by atoms with Crippen molar-refractivity contribution >= 4 is 12.1 Å². The Balaban J connectivity index is 1.52. The summed E-state index contributed by atoms with van der Waals surface area (Å²) in [5.41, 5.74) is 3.65. The van der Waals surface area contributed by atoms with Crippen molar-refractivity contribution in [2.45, 2.75) is 70.5 Å². The maximum atomic E-state index is 11.9. The van der Waals surface area contributed by atoms with E-state index in [0.717, 1.165) is 29.7 Å². The molecular formula is C35H43NO6. The number of likely N-dealkylation sites (tertiary alicyclic amines) is 1. The molecule has 0 aliphatic carbocycles. The van der Waals surface area contributed by atoms with E-state index in [2.05, 4.69) is 42.5 Å². The van der Waals surface area contributed by atoms with E-state index in [0.29, 0.717) is 45.8 Å². The SMILES string of the molecule is CC(C)(C)OC(=O)CCOCCCc1ccc(OCc2ccccc2)c(C2(c3ccccc3)CCN(C(=O)O)CC2)c1. The number of amides is 1. The lowest BCUT2D eigenvalue weighted by molar-refractivity contribution is -0.156. The van der Waals surface area contributed by atoms with Crippen LogP contribution in [0.4, 0.5) is 4.79 Å². The number of hydrogen-bond donors (Lipinski definition) is 1. The van der Waals surface area contributed by atoms with Gasteiger partial charge < -0.3 is 24.2 Å². The topological polar surface area (TPSA) is 85.3 Å². The highest BCUT2D eigenvalue weighted by Crippen LogP contribution is 2.46. The Morgan fingerprint density at radius 3 is 2.19 bits per heavy atom. The maximum absolute atomic E-state index is 11.9. The molecule has 0 bridgehead atoms. The Morgan fingerprint density at radius 1 is 0.881 bits per heavy atom. The predicted octanol–water partition coefficient (Wildman–Crippen LogP) is 7.01. The highest BCUT2D eigenvalue weighted by atomic mass is 16.6. The van der Waals surface area contributed by atoms with Gasteiger partial charge in [-0.2, -0.15) is 0 Å². The first-order valence-corrected chi connectivity index (χ1v) is 14.8. The number of benzene rings is 3. The molecule has 1 N–H and O–H groups in total.